The molecule has 0 saturated heterocycles. The van der Waals surface area contributed by atoms with Crippen molar-refractivity contribution < 1.29 is 13.2 Å². The average molecular weight is 358 g/mol. The molecular formula is C14H16BrNO3S. The van der Waals surface area contributed by atoms with E-state index in [9.17, 15) is 13.2 Å². The lowest BCUT2D eigenvalue weighted by Crippen LogP contribution is -2.26. The van der Waals surface area contributed by atoms with Crippen molar-refractivity contribution in [3.8, 4) is 0 Å². The monoisotopic (exact) mass is 357 g/mol. The molecule has 3 rings (SSSR count). The van der Waals surface area contributed by atoms with E-state index in [1.807, 2.05) is 6.07 Å². The van der Waals surface area contributed by atoms with Gasteiger partial charge in [-0.1, -0.05) is 28.8 Å². The Morgan fingerprint density at radius 3 is 2.65 bits per heavy atom. The van der Waals surface area contributed by atoms with Crippen LogP contribution in [0.4, 0.5) is 0 Å². The number of carbonyl (C=O) groups excluding carboxylic acids is 1. The largest absolute Gasteiger partial charge is 0.334 e. The minimum atomic E-state index is -3.40. The molecule has 20 heavy (non-hydrogen) atoms. The van der Waals surface area contributed by atoms with E-state index in [1.54, 1.807) is 4.90 Å². The molecule has 0 atom stereocenters. The lowest BCUT2D eigenvalue weighted by atomic mass is 10.1. The molecule has 0 N–H and O–H groups in total. The van der Waals surface area contributed by atoms with Crippen LogP contribution in [-0.2, 0) is 16.4 Å². The van der Waals surface area contributed by atoms with Crippen LogP contribution < -0.4 is 0 Å². The predicted molar refractivity (Wildman–Crippen MR) is 79.3 cm³/mol. The zero-order chi connectivity index (χ0) is 14.5. The van der Waals surface area contributed by atoms with Crippen molar-refractivity contribution in [3.05, 3.63) is 27.7 Å². The highest BCUT2D eigenvalue weighted by atomic mass is 79.9. The van der Waals surface area contributed by atoms with Crippen LogP contribution in [-0.4, -0.2) is 32.0 Å². The summed E-state index contributed by atoms with van der Waals surface area (Å²) in [6.45, 7) is 1.24. The van der Waals surface area contributed by atoms with Gasteiger partial charge in [-0.15, -0.1) is 0 Å². The SMILES string of the molecule is CS(=O)(=O)c1cc(Br)cc2c1C(=O)N(CCC1CC1)C2. The highest BCUT2D eigenvalue weighted by Gasteiger charge is 2.34. The van der Waals surface area contributed by atoms with E-state index >= 15 is 0 Å². The molecule has 0 unspecified atom stereocenters. The maximum atomic E-state index is 12.5. The summed E-state index contributed by atoms with van der Waals surface area (Å²) in [5.74, 6) is 0.612. The van der Waals surface area contributed by atoms with Crippen LogP contribution in [0, 0.1) is 5.92 Å². The van der Waals surface area contributed by atoms with Crippen LogP contribution in [0.3, 0.4) is 0 Å². The molecule has 0 spiro atoms. The first-order valence-corrected chi connectivity index (χ1v) is 9.36. The summed E-state index contributed by atoms with van der Waals surface area (Å²) in [6.07, 6.45) is 4.69. The average Bonchev–Trinajstić information content (AvgIpc) is 3.11. The fraction of sp³-hybridized carbons (Fsp3) is 0.500. The normalized spacial score (nSPS) is 18.5. The van der Waals surface area contributed by atoms with Crippen molar-refractivity contribution in [1.82, 2.24) is 4.90 Å². The van der Waals surface area contributed by atoms with Gasteiger partial charge in [0, 0.05) is 23.8 Å². The standard InChI is InChI=1S/C14H16BrNO3S/c1-20(18,19)12-7-11(15)6-10-8-16(14(17)13(10)12)5-4-9-2-3-9/h6-7,9H,2-5,8H2,1H3. The minimum Gasteiger partial charge on any atom is -0.334 e. The molecule has 0 radical (unpaired) electrons. The first-order valence-electron chi connectivity index (χ1n) is 6.68. The summed E-state index contributed by atoms with van der Waals surface area (Å²) in [6, 6.07) is 3.37. The van der Waals surface area contributed by atoms with Gasteiger partial charge in [-0.05, 0) is 30.0 Å². The van der Waals surface area contributed by atoms with E-state index < -0.39 is 9.84 Å². The zero-order valence-electron chi connectivity index (χ0n) is 11.2. The van der Waals surface area contributed by atoms with Crippen molar-refractivity contribution in [3.63, 3.8) is 0 Å². The Kier molecular flexibility index (Phi) is 3.41. The summed E-state index contributed by atoms with van der Waals surface area (Å²) >= 11 is 3.33. The number of nitrogens with zero attached hydrogens (tertiary/aromatic N) is 1. The Morgan fingerprint density at radius 1 is 1.35 bits per heavy atom. The topological polar surface area (TPSA) is 54.5 Å². The Labute approximate surface area is 127 Å². The highest BCUT2D eigenvalue weighted by molar-refractivity contribution is 9.10. The fourth-order valence-corrected chi connectivity index (χ4v) is 4.24. The van der Waals surface area contributed by atoms with Crippen molar-refractivity contribution in [1.29, 1.82) is 0 Å². The fourth-order valence-electron chi connectivity index (χ4n) is 2.66. The van der Waals surface area contributed by atoms with Gasteiger partial charge in [0.1, 0.15) is 0 Å². The number of amides is 1. The molecule has 4 nitrogen and oxygen atoms in total. The molecule has 1 fully saturated rings. The molecule has 1 aliphatic carbocycles. The molecule has 1 aromatic rings. The van der Waals surface area contributed by atoms with Crippen LogP contribution in [0.2, 0.25) is 0 Å². The highest BCUT2D eigenvalue weighted by Crippen LogP contribution is 2.35. The van der Waals surface area contributed by atoms with Crippen LogP contribution >= 0.6 is 15.9 Å². The number of halogens is 1. The van der Waals surface area contributed by atoms with Gasteiger partial charge in [0.15, 0.2) is 9.84 Å². The number of hydrogen-bond acceptors (Lipinski definition) is 3. The zero-order valence-corrected chi connectivity index (χ0v) is 13.6. The van der Waals surface area contributed by atoms with Crippen molar-refractivity contribution in [2.24, 2.45) is 5.92 Å². The molecule has 0 aromatic heterocycles. The molecule has 108 valence electrons. The molecule has 2 aliphatic rings. The Balaban J connectivity index is 1.95. The molecule has 1 saturated carbocycles. The number of rotatable bonds is 4. The molecule has 6 heteroatoms. The molecule has 1 amide bonds. The maximum absolute atomic E-state index is 12.5. The third-order valence-corrected chi connectivity index (χ3v) is 5.49. The molecule has 1 aromatic carbocycles. The summed E-state index contributed by atoms with van der Waals surface area (Å²) in [5, 5.41) is 0. The minimum absolute atomic E-state index is 0.140. The first kappa shape index (κ1) is 14.1. The van der Waals surface area contributed by atoms with Crippen molar-refractivity contribution in [2.75, 3.05) is 12.8 Å². The third kappa shape index (κ3) is 2.63. The van der Waals surface area contributed by atoms with E-state index in [-0.39, 0.29) is 10.8 Å². The quantitative estimate of drug-likeness (QED) is 0.832. The Hall–Kier alpha value is -0.880. The molecule has 1 aliphatic heterocycles. The lowest BCUT2D eigenvalue weighted by Gasteiger charge is -2.15. The number of fused-ring (bicyclic) bond motifs is 1. The van der Waals surface area contributed by atoms with Gasteiger partial charge in [-0.25, -0.2) is 8.42 Å². The number of carbonyl (C=O) groups is 1. The molecular weight excluding hydrogens is 342 g/mol. The Morgan fingerprint density at radius 2 is 2.05 bits per heavy atom. The van der Waals surface area contributed by atoms with Crippen LogP contribution in [0.5, 0.6) is 0 Å². The van der Waals surface area contributed by atoms with Gasteiger partial charge in [-0.2, -0.15) is 0 Å². The smallest absolute Gasteiger partial charge is 0.255 e. The number of sulfone groups is 1. The van der Waals surface area contributed by atoms with Gasteiger partial charge in [-0.3, -0.25) is 4.79 Å². The predicted octanol–water partition coefficient (Wildman–Crippen LogP) is 2.61. The number of benzene rings is 1. The van der Waals surface area contributed by atoms with Gasteiger partial charge < -0.3 is 4.90 Å². The summed E-state index contributed by atoms with van der Waals surface area (Å²) in [5.41, 5.74) is 1.17. The summed E-state index contributed by atoms with van der Waals surface area (Å²) < 4.78 is 24.5. The van der Waals surface area contributed by atoms with Gasteiger partial charge in [0.25, 0.3) is 5.91 Å². The first-order chi connectivity index (χ1) is 9.36. The van der Waals surface area contributed by atoms with E-state index in [0.29, 0.717) is 16.6 Å². The second kappa shape index (κ2) is 4.84. The molecule has 0 bridgehead atoms. The van der Waals surface area contributed by atoms with E-state index in [0.717, 1.165) is 30.7 Å². The number of hydrogen-bond donors (Lipinski definition) is 0. The summed E-state index contributed by atoms with van der Waals surface area (Å²) in [4.78, 5) is 14.4. The maximum Gasteiger partial charge on any atom is 0.255 e. The lowest BCUT2D eigenvalue weighted by molar-refractivity contribution is 0.0771. The van der Waals surface area contributed by atoms with E-state index in [1.165, 1.54) is 18.9 Å². The van der Waals surface area contributed by atoms with E-state index in [4.69, 9.17) is 0 Å². The van der Waals surface area contributed by atoms with Crippen LogP contribution in [0.25, 0.3) is 0 Å². The van der Waals surface area contributed by atoms with Gasteiger partial charge in [0.2, 0.25) is 0 Å². The van der Waals surface area contributed by atoms with Gasteiger partial charge >= 0.3 is 0 Å². The Bertz CT molecular complexity index is 680. The van der Waals surface area contributed by atoms with Gasteiger partial charge in [0.05, 0.1) is 10.5 Å². The molecule has 1 heterocycles. The van der Waals surface area contributed by atoms with E-state index in [2.05, 4.69) is 15.9 Å². The van der Waals surface area contributed by atoms with Crippen LogP contribution in [0.15, 0.2) is 21.5 Å². The second-order valence-corrected chi connectivity index (χ2v) is 8.57. The third-order valence-electron chi connectivity index (χ3n) is 3.91. The van der Waals surface area contributed by atoms with Crippen molar-refractivity contribution in [2.45, 2.75) is 30.7 Å². The van der Waals surface area contributed by atoms with Crippen LogP contribution in [0.1, 0.15) is 35.2 Å². The second-order valence-electron chi connectivity index (χ2n) is 5.67. The van der Waals surface area contributed by atoms with Crippen molar-refractivity contribution >= 4 is 31.7 Å². The summed E-state index contributed by atoms with van der Waals surface area (Å²) in [7, 11) is -3.40.